The first kappa shape index (κ1) is 14.7. The number of hydrogen-bond acceptors (Lipinski definition) is 4. The van der Waals surface area contributed by atoms with Crippen LogP contribution in [0.1, 0.15) is 11.1 Å². The van der Waals surface area contributed by atoms with E-state index in [0.29, 0.717) is 17.7 Å². The van der Waals surface area contributed by atoms with Crippen LogP contribution < -0.4 is 10.9 Å². The third kappa shape index (κ3) is 2.85. The first-order chi connectivity index (χ1) is 10.5. The molecule has 0 fully saturated rings. The van der Waals surface area contributed by atoms with Gasteiger partial charge in [0, 0.05) is 33.7 Å². The van der Waals surface area contributed by atoms with Gasteiger partial charge in [0.1, 0.15) is 11.3 Å². The zero-order valence-electron chi connectivity index (χ0n) is 11.9. The van der Waals surface area contributed by atoms with Gasteiger partial charge in [0.2, 0.25) is 0 Å². The molecule has 3 rings (SSSR count). The smallest absolute Gasteiger partial charge is 0.336 e. The highest BCUT2D eigenvalue weighted by atomic mass is 79.9. The number of aromatic hydroxyl groups is 1. The maximum absolute atomic E-state index is 11.7. The van der Waals surface area contributed by atoms with E-state index < -0.39 is 5.63 Å². The minimum Gasteiger partial charge on any atom is -0.508 e. The van der Waals surface area contributed by atoms with Crippen LogP contribution in [0.25, 0.3) is 11.0 Å². The van der Waals surface area contributed by atoms with Gasteiger partial charge in [-0.2, -0.15) is 0 Å². The fraction of sp³-hybridized carbons (Fsp3) is 0.118. The third-order valence-corrected chi connectivity index (χ3v) is 4.02. The number of nitrogens with one attached hydrogen (secondary N) is 1. The van der Waals surface area contributed by atoms with Gasteiger partial charge in [0.05, 0.1) is 0 Å². The van der Waals surface area contributed by atoms with E-state index in [0.717, 1.165) is 21.1 Å². The third-order valence-electron chi connectivity index (χ3n) is 3.53. The number of phenolic OH excluding ortho intramolecular Hbond substituents is 1. The average Bonchev–Trinajstić information content (AvgIpc) is 2.49. The monoisotopic (exact) mass is 359 g/mol. The van der Waals surface area contributed by atoms with Crippen LogP contribution in [0.2, 0.25) is 0 Å². The lowest BCUT2D eigenvalue weighted by molar-refractivity contribution is 0.468. The zero-order valence-corrected chi connectivity index (χ0v) is 13.5. The van der Waals surface area contributed by atoms with Crippen molar-refractivity contribution < 1.29 is 9.52 Å². The predicted octanol–water partition coefficient (Wildman–Crippen LogP) is 4.18. The Kier molecular flexibility index (Phi) is 3.90. The Balaban J connectivity index is 2.00. The molecule has 112 valence electrons. The number of hydrogen-bond donors (Lipinski definition) is 2. The second-order valence-electron chi connectivity index (χ2n) is 5.04. The molecule has 0 aliphatic carbocycles. The van der Waals surface area contributed by atoms with Crippen LogP contribution in [0.5, 0.6) is 5.75 Å². The molecule has 2 aromatic carbocycles. The predicted molar refractivity (Wildman–Crippen MR) is 90.4 cm³/mol. The van der Waals surface area contributed by atoms with Gasteiger partial charge in [0.25, 0.3) is 0 Å². The summed E-state index contributed by atoms with van der Waals surface area (Å²) in [5.41, 5.74) is 2.35. The van der Waals surface area contributed by atoms with Gasteiger partial charge >= 0.3 is 5.63 Å². The van der Waals surface area contributed by atoms with Crippen molar-refractivity contribution in [2.24, 2.45) is 0 Å². The summed E-state index contributed by atoms with van der Waals surface area (Å²) in [6.45, 7) is 2.22. The Morgan fingerprint density at radius 3 is 2.82 bits per heavy atom. The average molecular weight is 360 g/mol. The molecule has 0 bridgehead atoms. The normalized spacial score (nSPS) is 10.8. The van der Waals surface area contributed by atoms with E-state index in [-0.39, 0.29) is 5.75 Å². The van der Waals surface area contributed by atoms with Crippen molar-refractivity contribution in [2.75, 3.05) is 5.32 Å². The highest BCUT2D eigenvalue weighted by Gasteiger charge is 2.10. The van der Waals surface area contributed by atoms with Crippen LogP contribution in [0.3, 0.4) is 0 Å². The number of rotatable bonds is 3. The van der Waals surface area contributed by atoms with Crippen LogP contribution in [-0.4, -0.2) is 5.11 Å². The molecule has 5 heteroatoms. The Hall–Kier alpha value is -2.27. The summed E-state index contributed by atoms with van der Waals surface area (Å²) in [6.07, 6.45) is 0. The van der Waals surface area contributed by atoms with E-state index in [4.69, 9.17) is 4.42 Å². The number of benzene rings is 2. The van der Waals surface area contributed by atoms with E-state index in [2.05, 4.69) is 21.2 Å². The van der Waals surface area contributed by atoms with Gasteiger partial charge in [-0.15, -0.1) is 0 Å². The van der Waals surface area contributed by atoms with E-state index >= 15 is 0 Å². The Morgan fingerprint density at radius 2 is 2.05 bits per heavy atom. The van der Waals surface area contributed by atoms with Crippen molar-refractivity contribution in [2.45, 2.75) is 13.5 Å². The fourth-order valence-electron chi connectivity index (χ4n) is 2.36. The number of anilines is 1. The first-order valence-electron chi connectivity index (χ1n) is 6.79. The van der Waals surface area contributed by atoms with E-state index in [1.807, 2.05) is 24.3 Å². The lowest BCUT2D eigenvalue weighted by Gasteiger charge is -2.10. The zero-order chi connectivity index (χ0) is 15.7. The lowest BCUT2D eigenvalue weighted by atomic mass is 10.1. The van der Waals surface area contributed by atoms with Crippen molar-refractivity contribution in [1.82, 2.24) is 0 Å². The Morgan fingerprint density at radius 1 is 1.23 bits per heavy atom. The summed E-state index contributed by atoms with van der Waals surface area (Å²) < 4.78 is 6.22. The molecule has 0 unspecified atom stereocenters. The standard InChI is InChI=1S/C17H14BrNO3/c1-10-15(20)6-5-14-11(7-16(21)22-17(10)14)9-19-13-4-2-3-12(18)8-13/h2-8,19-20H,9H2,1H3. The molecule has 0 saturated heterocycles. The lowest BCUT2D eigenvalue weighted by Crippen LogP contribution is -2.06. The van der Waals surface area contributed by atoms with Crippen LogP contribution in [-0.2, 0) is 6.54 Å². The first-order valence-corrected chi connectivity index (χ1v) is 7.58. The Labute approximate surface area is 135 Å². The minimum atomic E-state index is -0.424. The van der Waals surface area contributed by atoms with Crippen LogP contribution in [0.4, 0.5) is 5.69 Å². The second kappa shape index (κ2) is 5.85. The maximum atomic E-state index is 11.7. The molecular weight excluding hydrogens is 346 g/mol. The molecule has 1 heterocycles. The maximum Gasteiger partial charge on any atom is 0.336 e. The van der Waals surface area contributed by atoms with Crippen molar-refractivity contribution in [3.8, 4) is 5.75 Å². The molecule has 2 N–H and O–H groups in total. The van der Waals surface area contributed by atoms with E-state index in [1.54, 1.807) is 19.1 Å². The molecular formula is C17H14BrNO3. The molecule has 0 amide bonds. The molecule has 0 atom stereocenters. The van der Waals surface area contributed by atoms with Gasteiger partial charge in [-0.3, -0.25) is 0 Å². The van der Waals surface area contributed by atoms with Gasteiger partial charge in [0.15, 0.2) is 0 Å². The summed E-state index contributed by atoms with van der Waals surface area (Å²) in [7, 11) is 0. The van der Waals surface area contributed by atoms with Gasteiger partial charge in [-0.05, 0) is 42.8 Å². The summed E-state index contributed by atoms with van der Waals surface area (Å²) >= 11 is 3.42. The SMILES string of the molecule is Cc1c(O)ccc2c(CNc3cccc(Br)c3)cc(=O)oc12. The molecule has 4 nitrogen and oxygen atoms in total. The van der Waals surface area contributed by atoms with Gasteiger partial charge in [-0.1, -0.05) is 22.0 Å². The van der Waals surface area contributed by atoms with Crippen molar-refractivity contribution in [1.29, 1.82) is 0 Å². The second-order valence-corrected chi connectivity index (χ2v) is 5.96. The number of fused-ring (bicyclic) bond motifs is 1. The highest BCUT2D eigenvalue weighted by Crippen LogP contribution is 2.27. The van der Waals surface area contributed by atoms with Crippen molar-refractivity contribution in [3.63, 3.8) is 0 Å². The summed E-state index contributed by atoms with van der Waals surface area (Å²) in [4.78, 5) is 11.7. The largest absolute Gasteiger partial charge is 0.508 e. The van der Waals surface area contributed by atoms with Crippen molar-refractivity contribution >= 4 is 32.6 Å². The van der Waals surface area contributed by atoms with Gasteiger partial charge in [-0.25, -0.2) is 4.79 Å². The molecule has 0 spiro atoms. The highest BCUT2D eigenvalue weighted by molar-refractivity contribution is 9.10. The van der Waals surface area contributed by atoms with Crippen LogP contribution in [0.15, 0.2) is 56.1 Å². The van der Waals surface area contributed by atoms with Crippen LogP contribution in [0, 0.1) is 6.92 Å². The molecule has 0 aliphatic heterocycles. The summed E-state index contributed by atoms with van der Waals surface area (Å²) in [5, 5.41) is 13.9. The minimum absolute atomic E-state index is 0.118. The molecule has 0 radical (unpaired) electrons. The summed E-state index contributed by atoms with van der Waals surface area (Å²) in [6, 6.07) is 12.7. The van der Waals surface area contributed by atoms with Crippen LogP contribution >= 0.6 is 15.9 Å². The quantitative estimate of drug-likeness (QED) is 0.688. The Bertz CT molecular complexity index is 902. The number of phenols is 1. The van der Waals surface area contributed by atoms with Gasteiger partial charge < -0.3 is 14.8 Å². The van der Waals surface area contributed by atoms with E-state index in [9.17, 15) is 9.90 Å². The molecule has 0 aliphatic rings. The molecule has 22 heavy (non-hydrogen) atoms. The molecule has 3 aromatic rings. The number of aryl methyl sites for hydroxylation is 1. The molecule has 1 aromatic heterocycles. The topological polar surface area (TPSA) is 62.5 Å². The summed E-state index contributed by atoms with van der Waals surface area (Å²) in [5.74, 6) is 0.118. The molecule has 0 saturated carbocycles. The number of halogens is 1. The van der Waals surface area contributed by atoms with E-state index in [1.165, 1.54) is 6.07 Å². The van der Waals surface area contributed by atoms with Crippen molar-refractivity contribution in [3.05, 3.63) is 68.5 Å². The fourth-order valence-corrected chi connectivity index (χ4v) is 2.76.